The summed E-state index contributed by atoms with van der Waals surface area (Å²) < 4.78 is 39.2. The van der Waals surface area contributed by atoms with Crippen LogP contribution in [0.15, 0.2) is 53.4 Å². The topological polar surface area (TPSA) is 81.2 Å². The maximum atomic E-state index is 13.0. The SMILES string of the molecule is CN(CCCC(=O)N1CCN(c2ccccc2O)CC1)S(=O)(=O)c1ccc(F)cc1. The van der Waals surface area contributed by atoms with Crippen LogP contribution in [0.3, 0.4) is 0 Å². The highest BCUT2D eigenvalue weighted by atomic mass is 32.2. The number of para-hydroxylation sites is 2. The quantitative estimate of drug-likeness (QED) is 0.722. The molecular weight excluding hydrogens is 409 g/mol. The number of hydrogen-bond donors (Lipinski definition) is 1. The summed E-state index contributed by atoms with van der Waals surface area (Å²) in [6.45, 7) is 2.56. The lowest BCUT2D eigenvalue weighted by molar-refractivity contribution is -0.131. The zero-order chi connectivity index (χ0) is 21.7. The molecule has 1 saturated heterocycles. The van der Waals surface area contributed by atoms with Crippen LogP contribution in [0.4, 0.5) is 10.1 Å². The number of piperazine rings is 1. The highest BCUT2D eigenvalue weighted by Gasteiger charge is 2.24. The van der Waals surface area contributed by atoms with Gasteiger partial charge in [-0.05, 0) is 42.8 Å². The van der Waals surface area contributed by atoms with E-state index in [9.17, 15) is 22.7 Å². The minimum Gasteiger partial charge on any atom is -0.506 e. The molecule has 1 aliphatic heterocycles. The van der Waals surface area contributed by atoms with E-state index in [-0.39, 0.29) is 29.5 Å². The molecule has 0 radical (unpaired) electrons. The number of phenols is 1. The number of carbonyl (C=O) groups excluding carboxylic acids is 1. The Morgan fingerprint density at radius 2 is 1.70 bits per heavy atom. The first-order valence-corrected chi connectivity index (χ1v) is 11.3. The number of aromatic hydroxyl groups is 1. The molecule has 1 N–H and O–H groups in total. The van der Waals surface area contributed by atoms with Gasteiger partial charge in [-0.2, -0.15) is 0 Å². The first-order valence-electron chi connectivity index (χ1n) is 9.81. The lowest BCUT2D eigenvalue weighted by atomic mass is 10.2. The molecule has 0 atom stereocenters. The molecule has 0 aromatic heterocycles. The van der Waals surface area contributed by atoms with Gasteiger partial charge >= 0.3 is 0 Å². The molecule has 1 aliphatic rings. The number of halogens is 1. The van der Waals surface area contributed by atoms with E-state index in [0.717, 1.165) is 17.8 Å². The number of sulfonamides is 1. The van der Waals surface area contributed by atoms with E-state index in [1.54, 1.807) is 17.0 Å². The first-order chi connectivity index (χ1) is 14.3. The van der Waals surface area contributed by atoms with Gasteiger partial charge in [-0.25, -0.2) is 17.1 Å². The number of benzene rings is 2. The summed E-state index contributed by atoms with van der Waals surface area (Å²) >= 11 is 0. The highest BCUT2D eigenvalue weighted by molar-refractivity contribution is 7.89. The Bertz CT molecular complexity index is 974. The molecule has 3 rings (SSSR count). The second-order valence-corrected chi connectivity index (χ2v) is 9.29. The van der Waals surface area contributed by atoms with Crippen molar-refractivity contribution in [2.45, 2.75) is 17.7 Å². The average Bonchev–Trinajstić information content (AvgIpc) is 2.74. The molecule has 162 valence electrons. The van der Waals surface area contributed by atoms with Crippen LogP contribution in [0.1, 0.15) is 12.8 Å². The van der Waals surface area contributed by atoms with Crippen LogP contribution in [0, 0.1) is 5.82 Å². The molecule has 2 aromatic carbocycles. The van der Waals surface area contributed by atoms with Gasteiger partial charge in [0.1, 0.15) is 11.6 Å². The maximum Gasteiger partial charge on any atom is 0.242 e. The van der Waals surface area contributed by atoms with E-state index in [0.29, 0.717) is 32.6 Å². The molecule has 30 heavy (non-hydrogen) atoms. The number of anilines is 1. The van der Waals surface area contributed by atoms with Gasteiger partial charge in [0.15, 0.2) is 0 Å². The standard InChI is InChI=1S/C21H26FN3O4S/c1-23(30(28,29)18-10-8-17(22)9-11-18)12-4-7-21(27)25-15-13-24(14-16-25)19-5-2-3-6-20(19)26/h2-3,5-6,8-11,26H,4,7,12-16H2,1H3. The van der Waals surface area contributed by atoms with E-state index in [4.69, 9.17) is 0 Å². The Kier molecular flexibility index (Phi) is 6.94. The Morgan fingerprint density at radius 1 is 1.07 bits per heavy atom. The highest BCUT2D eigenvalue weighted by Crippen LogP contribution is 2.27. The summed E-state index contributed by atoms with van der Waals surface area (Å²) in [6.07, 6.45) is 0.648. The van der Waals surface area contributed by atoms with Crippen LogP contribution >= 0.6 is 0 Å². The van der Waals surface area contributed by atoms with Crippen molar-refractivity contribution in [2.75, 3.05) is 44.7 Å². The third-order valence-electron chi connectivity index (χ3n) is 5.24. The maximum absolute atomic E-state index is 13.0. The summed E-state index contributed by atoms with van der Waals surface area (Å²) in [4.78, 5) is 16.3. The van der Waals surface area contributed by atoms with Crippen LogP contribution in [-0.4, -0.2) is 68.4 Å². The molecule has 1 amide bonds. The van der Waals surface area contributed by atoms with Crippen LogP contribution in [0.5, 0.6) is 5.75 Å². The third-order valence-corrected chi connectivity index (χ3v) is 7.11. The average molecular weight is 436 g/mol. The van der Waals surface area contributed by atoms with E-state index in [1.807, 2.05) is 17.0 Å². The summed E-state index contributed by atoms with van der Waals surface area (Å²) in [7, 11) is -2.26. The van der Waals surface area contributed by atoms with E-state index < -0.39 is 15.8 Å². The summed E-state index contributed by atoms with van der Waals surface area (Å²) in [6, 6.07) is 11.8. The molecule has 7 nitrogen and oxygen atoms in total. The van der Waals surface area contributed by atoms with Crippen LogP contribution in [-0.2, 0) is 14.8 Å². The van der Waals surface area contributed by atoms with Crippen molar-refractivity contribution in [2.24, 2.45) is 0 Å². The van der Waals surface area contributed by atoms with Gasteiger partial charge in [0.05, 0.1) is 10.6 Å². The van der Waals surface area contributed by atoms with Gasteiger partial charge in [-0.15, -0.1) is 0 Å². The molecule has 0 aliphatic carbocycles. The van der Waals surface area contributed by atoms with E-state index in [1.165, 1.54) is 23.5 Å². The molecule has 0 spiro atoms. The van der Waals surface area contributed by atoms with Crippen molar-refractivity contribution in [3.63, 3.8) is 0 Å². The van der Waals surface area contributed by atoms with Crippen molar-refractivity contribution in [1.29, 1.82) is 0 Å². The summed E-state index contributed by atoms with van der Waals surface area (Å²) in [5.41, 5.74) is 0.761. The number of hydrogen-bond acceptors (Lipinski definition) is 5. The molecule has 9 heteroatoms. The number of nitrogens with zero attached hydrogens (tertiary/aromatic N) is 3. The minimum atomic E-state index is -3.71. The normalized spacial score (nSPS) is 14.9. The van der Waals surface area contributed by atoms with Crippen LogP contribution < -0.4 is 4.90 Å². The third kappa shape index (κ3) is 5.09. The Balaban J connectivity index is 1.46. The van der Waals surface area contributed by atoms with Crippen molar-refractivity contribution >= 4 is 21.6 Å². The fourth-order valence-electron chi connectivity index (χ4n) is 3.45. The van der Waals surface area contributed by atoms with Gasteiger partial charge in [0, 0.05) is 46.2 Å². The lowest BCUT2D eigenvalue weighted by Gasteiger charge is -2.36. The monoisotopic (exact) mass is 435 g/mol. The van der Waals surface area contributed by atoms with Crippen molar-refractivity contribution in [1.82, 2.24) is 9.21 Å². The second kappa shape index (κ2) is 9.44. The predicted octanol–water partition coefficient (Wildman–Crippen LogP) is 2.28. The summed E-state index contributed by atoms with van der Waals surface area (Å²) in [5, 5.41) is 9.97. The predicted molar refractivity (Wildman–Crippen MR) is 112 cm³/mol. The van der Waals surface area contributed by atoms with Gasteiger partial charge < -0.3 is 14.9 Å². The molecule has 2 aromatic rings. The fourth-order valence-corrected chi connectivity index (χ4v) is 4.66. The van der Waals surface area contributed by atoms with Crippen LogP contribution in [0.2, 0.25) is 0 Å². The van der Waals surface area contributed by atoms with E-state index >= 15 is 0 Å². The van der Waals surface area contributed by atoms with Crippen molar-refractivity contribution < 1.29 is 22.7 Å². The van der Waals surface area contributed by atoms with Gasteiger partial charge in [-0.1, -0.05) is 12.1 Å². The number of amides is 1. The van der Waals surface area contributed by atoms with Gasteiger partial charge in [-0.3, -0.25) is 4.79 Å². The number of phenolic OH excluding ortho intramolecular Hbond substituents is 1. The van der Waals surface area contributed by atoms with Crippen molar-refractivity contribution in [3.8, 4) is 5.75 Å². The fraction of sp³-hybridized carbons (Fsp3) is 0.381. The van der Waals surface area contributed by atoms with Crippen molar-refractivity contribution in [3.05, 3.63) is 54.3 Å². The Hall–Kier alpha value is -2.65. The molecule has 1 fully saturated rings. The smallest absolute Gasteiger partial charge is 0.242 e. The molecule has 0 unspecified atom stereocenters. The lowest BCUT2D eigenvalue weighted by Crippen LogP contribution is -2.48. The zero-order valence-corrected chi connectivity index (χ0v) is 17.7. The molecule has 0 saturated carbocycles. The molecule has 1 heterocycles. The number of rotatable bonds is 7. The summed E-state index contributed by atoms with van der Waals surface area (Å²) in [5.74, 6) is -0.285. The van der Waals surface area contributed by atoms with Gasteiger partial charge in [0.25, 0.3) is 0 Å². The Labute approximate surface area is 176 Å². The van der Waals surface area contributed by atoms with E-state index in [2.05, 4.69) is 0 Å². The van der Waals surface area contributed by atoms with Gasteiger partial charge in [0.2, 0.25) is 15.9 Å². The number of carbonyl (C=O) groups is 1. The minimum absolute atomic E-state index is 0.0143. The van der Waals surface area contributed by atoms with Crippen LogP contribution in [0.25, 0.3) is 0 Å². The largest absolute Gasteiger partial charge is 0.506 e. The first kappa shape index (κ1) is 22.0. The molecule has 0 bridgehead atoms. The zero-order valence-electron chi connectivity index (χ0n) is 16.9. The molecular formula is C21H26FN3O4S. The second-order valence-electron chi connectivity index (χ2n) is 7.24. The Morgan fingerprint density at radius 3 is 2.33 bits per heavy atom.